The molecule has 0 aliphatic heterocycles. The second kappa shape index (κ2) is 10.0. The first-order chi connectivity index (χ1) is 10.7. The van der Waals surface area contributed by atoms with Gasteiger partial charge in [0.05, 0.1) is 16.3 Å². The van der Waals surface area contributed by atoms with Crippen LogP contribution in [-0.2, 0) is 9.59 Å². The number of nitrogens with two attached hydrogens (primary N) is 1. The largest absolute Gasteiger partial charge is 0.480 e. The molecule has 0 fully saturated rings. The Morgan fingerprint density at radius 3 is 2.26 bits per heavy atom. The Morgan fingerprint density at radius 2 is 1.78 bits per heavy atom. The molecule has 1 atom stereocenters. The maximum Gasteiger partial charge on any atom is 0.337 e. The number of hydrogen-bond donors (Lipinski definition) is 4. The van der Waals surface area contributed by atoms with Crippen molar-refractivity contribution in [1.82, 2.24) is 0 Å². The van der Waals surface area contributed by atoms with Gasteiger partial charge in [0.2, 0.25) is 5.91 Å². The Balaban J connectivity index is 0.00000232. The van der Waals surface area contributed by atoms with Crippen molar-refractivity contribution in [3.63, 3.8) is 0 Å². The van der Waals surface area contributed by atoms with Crippen LogP contribution in [0.4, 0.5) is 5.69 Å². The van der Waals surface area contributed by atoms with Crippen molar-refractivity contribution in [2.45, 2.75) is 32.7 Å². The highest BCUT2D eigenvalue weighted by atomic mass is 35.5. The van der Waals surface area contributed by atoms with Gasteiger partial charge < -0.3 is 21.3 Å². The summed E-state index contributed by atoms with van der Waals surface area (Å²) in [6.45, 7) is 4.00. The van der Waals surface area contributed by atoms with E-state index in [0.29, 0.717) is 0 Å². The van der Waals surface area contributed by atoms with Gasteiger partial charge in [-0.2, -0.15) is 0 Å². The predicted molar refractivity (Wildman–Crippen MR) is 88.2 cm³/mol. The lowest BCUT2D eigenvalue weighted by molar-refractivity contribution is -0.138. The van der Waals surface area contributed by atoms with Gasteiger partial charge in [-0.1, -0.05) is 37.0 Å². The molecule has 0 bridgehead atoms. The molecule has 5 N–H and O–H groups in total. The van der Waals surface area contributed by atoms with E-state index in [1.807, 2.05) is 13.8 Å². The zero-order valence-corrected chi connectivity index (χ0v) is 14.1. The number of carboxylic acids is 2. The van der Waals surface area contributed by atoms with Crippen molar-refractivity contribution in [3.8, 4) is 0 Å². The number of rotatable bonds is 6. The number of amides is 1. The molecule has 0 saturated carbocycles. The topological polar surface area (TPSA) is 130 Å². The van der Waals surface area contributed by atoms with Gasteiger partial charge >= 0.3 is 11.9 Å². The molecule has 0 spiro atoms. The number of aromatic carboxylic acids is 1. The molecule has 1 amide bonds. The van der Waals surface area contributed by atoms with E-state index in [-0.39, 0.29) is 34.1 Å². The lowest BCUT2D eigenvalue weighted by atomic mass is 10.1. The SMILES string of the molecule is CC.NC(CCC(=O)Nc1cc(Cl)cc(C(=O)O)c1Cl)C(=O)O. The number of carboxylic acid groups (broad SMARTS) is 2. The number of nitrogens with one attached hydrogen (secondary N) is 1. The molecule has 1 unspecified atom stereocenters. The van der Waals surface area contributed by atoms with Crippen LogP contribution in [0.1, 0.15) is 37.0 Å². The molecular formula is C14H18Cl2N2O5. The van der Waals surface area contributed by atoms with Crippen molar-refractivity contribution in [3.05, 3.63) is 27.7 Å². The lowest BCUT2D eigenvalue weighted by Crippen LogP contribution is -2.31. The Labute approximate surface area is 143 Å². The molecule has 0 radical (unpaired) electrons. The third-order valence-corrected chi connectivity index (χ3v) is 3.17. The summed E-state index contributed by atoms with van der Waals surface area (Å²) >= 11 is 11.6. The maximum atomic E-state index is 11.7. The first-order valence-corrected chi connectivity index (χ1v) is 7.48. The van der Waals surface area contributed by atoms with Crippen molar-refractivity contribution >= 4 is 46.7 Å². The van der Waals surface area contributed by atoms with E-state index in [4.69, 9.17) is 39.1 Å². The van der Waals surface area contributed by atoms with Gasteiger partial charge in [-0.25, -0.2) is 4.79 Å². The number of aliphatic carboxylic acids is 1. The van der Waals surface area contributed by atoms with Crippen LogP contribution in [0.25, 0.3) is 0 Å². The van der Waals surface area contributed by atoms with E-state index < -0.39 is 23.9 Å². The Bertz CT molecular complexity index is 593. The minimum atomic E-state index is -1.29. The molecule has 9 heteroatoms. The second-order valence-electron chi connectivity index (χ2n) is 4.15. The number of halogens is 2. The zero-order chi connectivity index (χ0) is 18.2. The van der Waals surface area contributed by atoms with E-state index in [1.165, 1.54) is 6.07 Å². The fourth-order valence-electron chi connectivity index (χ4n) is 1.46. The summed E-state index contributed by atoms with van der Waals surface area (Å²) in [7, 11) is 0. The first kappa shape index (κ1) is 21.2. The first-order valence-electron chi connectivity index (χ1n) is 6.73. The molecule has 0 heterocycles. The number of anilines is 1. The molecule has 23 heavy (non-hydrogen) atoms. The molecule has 128 valence electrons. The quantitative estimate of drug-likeness (QED) is 0.613. The van der Waals surface area contributed by atoms with Gasteiger partial charge in [-0.05, 0) is 18.6 Å². The third-order valence-electron chi connectivity index (χ3n) is 2.54. The average Bonchev–Trinajstić information content (AvgIpc) is 2.49. The van der Waals surface area contributed by atoms with Crippen LogP contribution in [0.3, 0.4) is 0 Å². The predicted octanol–water partition coefficient (Wildman–Crippen LogP) is 2.85. The van der Waals surface area contributed by atoms with Crippen LogP contribution >= 0.6 is 23.2 Å². The van der Waals surface area contributed by atoms with E-state index in [0.717, 1.165) is 6.07 Å². The average molecular weight is 365 g/mol. The number of hydrogen-bond acceptors (Lipinski definition) is 4. The van der Waals surface area contributed by atoms with Crippen molar-refractivity contribution in [1.29, 1.82) is 0 Å². The fourth-order valence-corrected chi connectivity index (χ4v) is 1.91. The lowest BCUT2D eigenvalue weighted by Gasteiger charge is -2.11. The molecule has 0 aromatic heterocycles. The monoisotopic (exact) mass is 364 g/mol. The second-order valence-corrected chi connectivity index (χ2v) is 4.97. The Hall–Kier alpha value is -1.83. The van der Waals surface area contributed by atoms with Crippen molar-refractivity contribution in [2.24, 2.45) is 5.73 Å². The summed E-state index contributed by atoms with van der Waals surface area (Å²) in [5.41, 5.74) is 5.06. The van der Waals surface area contributed by atoms with Gasteiger partial charge in [0, 0.05) is 11.4 Å². The van der Waals surface area contributed by atoms with Gasteiger partial charge in [-0.15, -0.1) is 0 Å². The molecular weight excluding hydrogens is 347 g/mol. The summed E-state index contributed by atoms with van der Waals surface area (Å²) in [6, 6.07) is 1.30. The minimum Gasteiger partial charge on any atom is -0.480 e. The fraction of sp³-hybridized carbons (Fsp3) is 0.357. The van der Waals surface area contributed by atoms with Gasteiger partial charge in [0.15, 0.2) is 0 Å². The van der Waals surface area contributed by atoms with Gasteiger partial charge in [0.1, 0.15) is 6.04 Å². The molecule has 0 aliphatic rings. The summed E-state index contributed by atoms with van der Waals surface area (Å²) in [5, 5.41) is 19.9. The smallest absolute Gasteiger partial charge is 0.337 e. The van der Waals surface area contributed by atoms with Crippen LogP contribution in [0.5, 0.6) is 0 Å². The van der Waals surface area contributed by atoms with Crippen LogP contribution < -0.4 is 11.1 Å². The maximum absolute atomic E-state index is 11.7. The molecule has 1 aromatic carbocycles. The van der Waals surface area contributed by atoms with Gasteiger partial charge in [0.25, 0.3) is 0 Å². The van der Waals surface area contributed by atoms with Crippen LogP contribution in [0.2, 0.25) is 10.0 Å². The highest BCUT2D eigenvalue weighted by molar-refractivity contribution is 6.38. The van der Waals surface area contributed by atoms with E-state index in [1.54, 1.807) is 0 Å². The summed E-state index contributed by atoms with van der Waals surface area (Å²) in [6.07, 6.45) is -0.218. The van der Waals surface area contributed by atoms with Gasteiger partial charge in [-0.3, -0.25) is 9.59 Å². The van der Waals surface area contributed by atoms with Crippen LogP contribution in [0.15, 0.2) is 12.1 Å². The number of carbonyl (C=O) groups excluding carboxylic acids is 1. The molecule has 7 nitrogen and oxygen atoms in total. The summed E-state index contributed by atoms with van der Waals surface area (Å²) in [4.78, 5) is 33.2. The van der Waals surface area contributed by atoms with E-state index in [2.05, 4.69) is 5.32 Å². The third kappa shape index (κ3) is 6.85. The highest BCUT2D eigenvalue weighted by Crippen LogP contribution is 2.30. The Kier molecular flexibility index (Phi) is 9.24. The normalized spacial score (nSPS) is 11.0. The minimum absolute atomic E-state index is 0.0375. The molecule has 0 saturated heterocycles. The molecule has 1 rings (SSSR count). The van der Waals surface area contributed by atoms with E-state index >= 15 is 0 Å². The number of benzene rings is 1. The zero-order valence-electron chi connectivity index (χ0n) is 12.6. The Morgan fingerprint density at radius 1 is 1.22 bits per heavy atom. The molecule has 0 aliphatic carbocycles. The number of carbonyl (C=O) groups is 3. The standard InChI is InChI=1S/C12H12Cl2N2O5.C2H6/c13-5-3-6(11(18)19)10(14)8(4-5)16-9(17)2-1-7(15)12(20)21;1-2/h3-4,7H,1-2,15H2,(H,16,17)(H,18,19)(H,20,21);1-2H3. The van der Waals surface area contributed by atoms with Crippen LogP contribution in [0, 0.1) is 0 Å². The van der Waals surface area contributed by atoms with E-state index in [9.17, 15) is 14.4 Å². The van der Waals surface area contributed by atoms with Crippen molar-refractivity contribution < 1.29 is 24.6 Å². The van der Waals surface area contributed by atoms with Crippen LogP contribution in [-0.4, -0.2) is 34.1 Å². The van der Waals surface area contributed by atoms with Crippen molar-refractivity contribution in [2.75, 3.05) is 5.32 Å². The summed E-state index contributed by atoms with van der Waals surface area (Å²) < 4.78 is 0. The molecule has 1 aromatic rings. The highest BCUT2D eigenvalue weighted by Gasteiger charge is 2.17. The summed E-state index contributed by atoms with van der Waals surface area (Å²) in [5.74, 6) is -3.05.